The molecule has 1 aliphatic rings. The zero-order valence-corrected chi connectivity index (χ0v) is 14.9. The monoisotopic (exact) mass is 395 g/mol. The Balaban J connectivity index is 1.66. The number of fused-ring (bicyclic) bond motifs is 1. The Morgan fingerprint density at radius 3 is 2.30 bits per heavy atom. The van der Waals surface area contributed by atoms with Crippen molar-refractivity contribution in [1.29, 1.82) is 0 Å². The van der Waals surface area contributed by atoms with Crippen LogP contribution in [-0.4, -0.2) is 35.8 Å². The minimum absolute atomic E-state index is 0.198. The lowest BCUT2D eigenvalue weighted by molar-refractivity contribution is -0.137. The molecular weight excluding hydrogens is 379 g/mol. The smallest absolute Gasteiger partial charge is 0.338 e. The molecule has 0 unspecified atom stereocenters. The number of H-pyrrole nitrogens is 1. The van der Waals surface area contributed by atoms with E-state index in [1.54, 1.807) is 12.1 Å². The van der Waals surface area contributed by atoms with Crippen molar-refractivity contribution in [1.82, 2.24) is 14.3 Å². The standard InChI is InChI=1S/C18H16F3N3O2S/c19-18(20,21)13-5-8-15-16(11-13)23-17(22-15)12-3-6-14(7-4-12)27(25,26)24-9-1-2-10-24/h3-8,11H,1-2,9-10H2,(H,22,23). The Labute approximate surface area is 153 Å². The lowest BCUT2D eigenvalue weighted by Crippen LogP contribution is -2.27. The quantitative estimate of drug-likeness (QED) is 0.728. The van der Waals surface area contributed by atoms with Crippen LogP contribution in [-0.2, 0) is 16.2 Å². The molecule has 9 heteroatoms. The number of rotatable bonds is 3. The predicted octanol–water partition coefficient (Wildman–Crippen LogP) is 4.03. The summed E-state index contributed by atoms with van der Waals surface area (Å²) < 4.78 is 65.1. The number of hydrogen-bond acceptors (Lipinski definition) is 3. The lowest BCUT2D eigenvalue weighted by atomic mass is 10.2. The summed E-state index contributed by atoms with van der Waals surface area (Å²) in [6, 6.07) is 9.51. The van der Waals surface area contributed by atoms with Gasteiger partial charge in [-0.3, -0.25) is 0 Å². The second kappa shape index (κ2) is 6.35. The Kier molecular flexibility index (Phi) is 4.23. The maximum absolute atomic E-state index is 12.8. The van der Waals surface area contributed by atoms with Gasteiger partial charge < -0.3 is 4.98 Å². The maximum Gasteiger partial charge on any atom is 0.416 e. The Hall–Kier alpha value is -2.39. The molecule has 1 aliphatic heterocycles. The molecule has 0 radical (unpaired) electrons. The van der Waals surface area contributed by atoms with Gasteiger partial charge >= 0.3 is 6.18 Å². The Morgan fingerprint density at radius 2 is 1.67 bits per heavy atom. The van der Waals surface area contributed by atoms with Crippen molar-refractivity contribution in [2.45, 2.75) is 23.9 Å². The van der Waals surface area contributed by atoms with E-state index in [0.717, 1.165) is 25.0 Å². The molecule has 5 nitrogen and oxygen atoms in total. The number of alkyl halides is 3. The molecule has 0 amide bonds. The highest BCUT2D eigenvalue weighted by atomic mass is 32.2. The number of sulfonamides is 1. The zero-order chi connectivity index (χ0) is 19.2. The lowest BCUT2D eigenvalue weighted by Gasteiger charge is -2.15. The average Bonchev–Trinajstić information content (AvgIpc) is 3.30. The second-order valence-electron chi connectivity index (χ2n) is 6.45. The van der Waals surface area contributed by atoms with E-state index in [0.29, 0.717) is 30.0 Å². The molecule has 1 saturated heterocycles. The van der Waals surface area contributed by atoms with Gasteiger partial charge in [0, 0.05) is 18.7 Å². The number of nitrogens with one attached hydrogen (secondary N) is 1. The molecule has 0 atom stereocenters. The minimum atomic E-state index is -4.43. The van der Waals surface area contributed by atoms with Crippen LogP contribution < -0.4 is 0 Å². The van der Waals surface area contributed by atoms with Crippen LogP contribution in [0, 0.1) is 0 Å². The van der Waals surface area contributed by atoms with Gasteiger partial charge in [-0.2, -0.15) is 17.5 Å². The number of imidazole rings is 1. The first kappa shape index (κ1) is 18.0. The molecule has 2 heterocycles. The summed E-state index contributed by atoms with van der Waals surface area (Å²) in [7, 11) is -3.51. The summed E-state index contributed by atoms with van der Waals surface area (Å²) in [6.07, 6.45) is -2.71. The molecule has 0 aliphatic carbocycles. The van der Waals surface area contributed by atoms with E-state index in [4.69, 9.17) is 0 Å². The van der Waals surface area contributed by atoms with Gasteiger partial charge in [0.2, 0.25) is 10.0 Å². The predicted molar refractivity (Wildman–Crippen MR) is 94.5 cm³/mol. The van der Waals surface area contributed by atoms with Crippen molar-refractivity contribution in [3.8, 4) is 11.4 Å². The van der Waals surface area contributed by atoms with E-state index in [2.05, 4.69) is 9.97 Å². The Morgan fingerprint density at radius 1 is 1.00 bits per heavy atom. The van der Waals surface area contributed by atoms with Crippen molar-refractivity contribution in [3.05, 3.63) is 48.0 Å². The van der Waals surface area contributed by atoms with Crippen LogP contribution >= 0.6 is 0 Å². The molecule has 0 saturated carbocycles. The largest absolute Gasteiger partial charge is 0.416 e. The van der Waals surface area contributed by atoms with Crippen molar-refractivity contribution in [3.63, 3.8) is 0 Å². The summed E-state index contributed by atoms with van der Waals surface area (Å²) in [5.74, 6) is 0.384. The molecule has 2 aromatic carbocycles. The first-order valence-corrected chi connectivity index (χ1v) is 9.87. The second-order valence-corrected chi connectivity index (χ2v) is 8.39. The van der Waals surface area contributed by atoms with Crippen molar-refractivity contribution < 1.29 is 21.6 Å². The third-order valence-electron chi connectivity index (χ3n) is 4.64. The molecule has 1 fully saturated rings. The number of aromatic nitrogens is 2. The third kappa shape index (κ3) is 3.32. The third-order valence-corrected chi connectivity index (χ3v) is 6.55. The van der Waals surface area contributed by atoms with Crippen LogP contribution in [0.25, 0.3) is 22.4 Å². The van der Waals surface area contributed by atoms with Gasteiger partial charge in [-0.15, -0.1) is 0 Å². The van der Waals surface area contributed by atoms with Crippen LogP contribution in [0.4, 0.5) is 13.2 Å². The summed E-state index contributed by atoms with van der Waals surface area (Å²) in [6.45, 7) is 1.05. The van der Waals surface area contributed by atoms with Gasteiger partial charge in [0.1, 0.15) is 5.82 Å². The number of aromatic amines is 1. The fourth-order valence-corrected chi connectivity index (χ4v) is 4.70. The molecular formula is C18H16F3N3O2S. The molecule has 142 valence electrons. The van der Waals surface area contributed by atoms with E-state index >= 15 is 0 Å². The normalized spacial score (nSPS) is 16.3. The molecule has 1 aromatic heterocycles. The number of benzene rings is 2. The van der Waals surface area contributed by atoms with E-state index in [9.17, 15) is 21.6 Å². The molecule has 27 heavy (non-hydrogen) atoms. The summed E-state index contributed by atoms with van der Waals surface area (Å²) in [5, 5.41) is 0. The molecule has 4 rings (SSSR count). The number of hydrogen-bond donors (Lipinski definition) is 1. The topological polar surface area (TPSA) is 66.1 Å². The highest BCUT2D eigenvalue weighted by molar-refractivity contribution is 7.89. The van der Waals surface area contributed by atoms with Crippen LogP contribution in [0.3, 0.4) is 0 Å². The van der Waals surface area contributed by atoms with Gasteiger partial charge in [0.15, 0.2) is 0 Å². The van der Waals surface area contributed by atoms with E-state index in [1.165, 1.54) is 22.5 Å². The zero-order valence-electron chi connectivity index (χ0n) is 14.1. The van der Waals surface area contributed by atoms with Gasteiger partial charge in [-0.05, 0) is 55.3 Å². The fourth-order valence-electron chi connectivity index (χ4n) is 3.18. The van der Waals surface area contributed by atoms with E-state index < -0.39 is 21.8 Å². The first-order valence-electron chi connectivity index (χ1n) is 8.43. The molecule has 1 N–H and O–H groups in total. The van der Waals surface area contributed by atoms with Gasteiger partial charge in [0.25, 0.3) is 0 Å². The highest BCUT2D eigenvalue weighted by Gasteiger charge is 2.31. The van der Waals surface area contributed by atoms with Crippen LogP contribution in [0.1, 0.15) is 18.4 Å². The summed E-state index contributed by atoms with van der Waals surface area (Å²) >= 11 is 0. The molecule has 0 spiro atoms. The highest BCUT2D eigenvalue weighted by Crippen LogP contribution is 2.32. The van der Waals surface area contributed by atoms with E-state index in [1.807, 2.05) is 0 Å². The number of halogens is 3. The maximum atomic E-state index is 12.8. The summed E-state index contributed by atoms with van der Waals surface area (Å²) in [5.41, 5.74) is 0.526. The molecule has 3 aromatic rings. The van der Waals surface area contributed by atoms with Crippen molar-refractivity contribution in [2.75, 3.05) is 13.1 Å². The van der Waals surface area contributed by atoms with Crippen LogP contribution in [0.2, 0.25) is 0 Å². The minimum Gasteiger partial charge on any atom is -0.338 e. The number of nitrogens with zero attached hydrogens (tertiary/aromatic N) is 2. The SMILES string of the molecule is O=S(=O)(c1ccc(-c2nc3ccc(C(F)(F)F)cc3[nH]2)cc1)N1CCCC1. The first-order chi connectivity index (χ1) is 12.7. The van der Waals surface area contributed by atoms with Crippen LogP contribution in [0.5, 0.6) is 0 Å². The van der Waals surface area contributed by atoms with Crippen LogP contribution in [0.15, 0.2) is 47.4 Å². The van der Waals surface area contributed by atoms with Gasteiger partial charge in [-0.25, -0.2) is 13.4 Å². The van der Waals surface area contributed by atoms with Gasteiger partial charge in [-0.1, -0.05) is 0 Å². The van der Waals surface area contributed by atoms with E-state index in [-0.39, 0.29) is 10.4 Å². The summed E-state index contributed by atoms with van der Waals surface area (Å²) in [4.78, 5) is 7.36. The van der Waals surface area contributed by atoms with Crippen molar-refractivity contribution >= 4 is 21.1 Å². The fraction of sp³-hybridized carbons (Fsp3) is 0.278. The van der Waals surface area contributed by atoms with Crippen molar-refractivity contribution in [2.24, 2.45) is 0 Å². The van der Waals surface area contributed by atoms with Gasteiger partial charge in [0.05, 0.1) is 21.5 Å². The molecule has 0 bridgehead atoms. The average molecular weight is 395 g/mol. The Bertz CT molecular complexity index is 1080.